The molecule has 1 unspecified atom stereocenters. The molecule has 0 spiro atoms. The first-order valence-corrected chi connectivity index (χ1v) is 14.0. The molecule has 1 N–H and O–H groups in total. The van der Waals surface area contributed by atoms with Gasteiger partial charge in [-0.25, -0.2) is 16.8 Å². The minimum absolute atomic E-state index is 0.0152. The van der Waals surface area contributed by atoms with Gasteiger partial charge in [0, 0.05) is 18.5 Å². The van der Waals surface area contributed by atoms with Crippen molar-refractivity contribution in [1.82, 2.24) is 9.19 Å². The van der Waals surface area contributed by atoms with Gasteiger partial charge in [0.25, 0.3) is 10.0 Å². The number of anilines is 1. The molecule has 1 saturated carbocycles. The van der Waals surface area contributed by atoms with E-state index >= 15 is 0 Å². The fourth-order valence-electron chi connectivity index (χ4n) is 3.88. The summed E-state index contributed by atoms with van der Waals surface area (Å²) < 4.78 is 48.5. The standard InChI is InChI=1S/C20H26ClN3O5S2/c1-3-31(28,29)24-11-10-19(23-24)22-20(25)16(12-14-6-4-5-7-14)15-8-9-18(17(21)13-15)30(2,26)27/h8-11,13-14,16H,3-7,12H2,1-2H3,(H,22,23,25). The average Bonchev–Trinajstić information content (AvgIpc) is 3.37. The quantitative estimate of drug-likeness (QED) is 0.609. The molecule has 1 aromatic heterocycles. The molecule has 1 fully saturated rings. The summed E-state index contributed by atoms with van der Waals surface area (Å²) in [5.41, 5.74) is 0.613. The van der Waals surface area contributed by atoms with Crippen LogP contribution in [-0.2, 0) is 24.7 Å². The van der Waals surface area contributed by atoms with Crippen molar-refractivity contribution in [3.63, 3.8) is 0 Å². The molecule has 1 heterocycles. The fraction of sp³-hybridized carbons (Fsp3) is 0.500. The molecule has 170 valence electrons. The molecule has 0 bridgehead atoms. The molecule has 0 saturated heterocycles. The first-order valence-electron chi connectivity index (χ1n) is 10.1. The topological polar surface area (TPSA) is 115 Å². The van der Waals surface area contributed by atoms with Crippen molar-refractivity contribution < 1.29 is 21.6 Å². The lowest BCUT2D eigenvalue weighted by Gasteiger charge is -2.21. The van der Waals surface area contributed by atoms with E-state index < -0.39 is 25.8 Å². The second kappa shape index (κ2) is 9.30. The Balaban J connectivity index is 1.88. The summed E-state index contributed by atoms with van der Waals surface area (Å²) in [6.07, 6.45) is 7.26. The van der Waals surface area contributed by atoms with Crippen LogP contribution in [0.1, 0.15) is 50.5 Å². The lowest BCUT2D eigenvalue weighted by Crippen LogP contribution is -2.24. The van der Waals surface area contributed by atoms with Gasteiger partial charge < -0.3 is 5.32 Å². The molecule has 1 aromatic carbocycles. The van der Waals surface area contributed by atoms with Gasteiger partial charge in [0.15, 0.2) is 15.7 Å². The zero-order valence-corrected chi connectivity index (χ0v) is 19.8. The molecular weight excluding hydrogens is 462 g/mol. The third kappa shape index (κ3) is 5.67. The van der Waals surface area contributed by atoms with Crippen LogP contribution in [-0.4, -0.2) is 43.9 Å². The number of carbonyl (C=O) groups is 1. The minimum atomic E-state index is -3.55. The molecular formula is C20H26ClN3O5S2. The van der Waals surface area contributed by atoms with Crippen LogP contribution in [0.25, 0.3) is 0 Å². The highest BCUT2D eigenvalue weighted by Crippen LogP contribution is 2.36. The third-order valence-corrected chi connectivity index (χ3v) is 8.67. The van der Waals surface area contributed by atoms with E-state index in [0.29, 0.717) is 17.9 Å². The number of nitrogens with one attached hydrogen (secondary N) is 1. The molecule has 0 radical (unpaired) electrons. The summed E-state index contributed by atoms with van der Waals surface area (Å²) in [7, 11) is -7.03. The molecule has 0 aliphatic heterocycles. The number of nitrogens with zero attached hydrogens (tertiary/aromatic N) is 2. The number of sulfone groups is 1. The highest BCUT2D eigenvalue weighted by Gasteiger charge is 2.28. The highest BCUT2D eigenvalue weighted by molar-refractivity contribution is 7.90. The molecule has 8 nitrogen and oxygen atoms in total. The summed E-state index contributed by atoms with van der Waals surface area (Å²) in [5, 5.41) is 6.73. The van der Waals surface area contributed by atoms with E-state index in [-0.39, 0.29) is 27.4 Å². The van der Waals surface area contributed by atoms with Gasteiger partial charge >= 0.3 is 0 Å². The van der Waals surface area contributed by atoms with Crippen LogP contribution in [0.5, 0.6) is 0 Å². The Kier molecular flexibility index (Phi) is 7.12. The van der Waals surface area contributed by atoms with E-state index in [1.165, 1.54) is 31.3 Å². The van der Waals surface area contributed by atoms with Crippen LogP contribution in [0, 0.1) is 5.92 Å². The predicted molar refractivity (Wildman–Crippen MR) is 120 cm³/mol. The Morgan fingerprint density at radius 3 is 2.48 bits per heavy atom. The van der Waals surface area contributed by atoms with E-state index in [9.17, 15) is 21.6 Å². The molecule has 3 rings (SSSR count). The van der Waals surface area contributed by atoms with Crippen LogP contribution in [0.2, 0.25) is 5.02 Å². The zero-order chi connectivity index (χ0) is 22.8. The van der Waals surface area contributed by atoms with Crippen LogP contribution >= 0.6 is 11.6 Å². The van der Waals surface area contributed by atoms with Crippen molar-refractivity contribution in [3.8, 4) is 0 Å². The number of hydrogen-bond acceptors (Lipinski definition) is 6. The summed E-state index contributed by atoms with van der Waals surface area (Å²) in [4.78, 5) is 13.2. The number of amides is 1. The number of hydrogen-bond donors (Lipinski definition) is 1. The maximum absolute atomic E-state index is 13.2. The average molecular weight is 488 g/mol. The molecule has 2 aromatic rings. The van der Waals surface area contributed by atoms with E-state index in [2.05, 4.69) is 10.4 Å². The zero-order valence-electron chi connectivity index (χ0n) is 17.4. The SMILES string of the molecule is CCS(=O)(=O)n1ccc(NC(=O)C(CC2CCCC2)c2ccc(S(C)(=O)=O)c(Cl)c2)n1. The lowest BCUT2D eigenvalue weighted by molar-refractivity contribution is -0.118. The summed E-state index contributed by atoms with van der Waals surface area (Å²) >= 11 is 6.22. The van der Waals surface area contributed by atoms with Gasteiger partial charge in [0.05, 0.1) is 21.6 Å². The number of aromatic nitrogens is 2. The lowest BCUT2D eigenvalue weighted by atomic mass is 9.87. The van der Waals surface area contributed by atoms with E-state index in [4.69, 9.17) is 11.6 Å². The number of benzene rings is 1. The summed E-state index contributed by atoms with van der Waals surface area (Å²) in [6, 6.07) is 5.99. The fourth-order valence-corrected chi connectivity index (χ4v) is 5.94. The van der Waals surface area contributed by atoms with Crippen molar-refractivity contribution in [2.45, 2.75) is 49.8 Å². The third-order valence-electron chi connectivity index (χ3n) is 5.59. The van der Waals surface area contributed by atoms with Crippen molar-refractivity contribution in [2.75, 3.05) is 17.3 Å². The van der Waals surface area contributed by atoms with Crippen molar-refractivity contribution in [3.05, 3.63) is 41.0 Å². The molecule has 1 atom stereocenters. The van der Waals surface area contributed by atoms with Crippen LogP contribution in [0.4, 0.5) is 5.82 Å². The summed E-state index contributed by atoms with van der Waals surface area (Å²) in [6.45, 7) is 1.51. The first-order chi connectivity index (χ1) is 14.5. The van der Waals surface area contributed by atoms with Crippen LogP contribution in [0.3, 0.4) is 0 Å². The van der Waals surface area contributed by atoms with Gasteiger partial charge in [-0.3, -0.25) is 4.79 Å². The maximum atomic E-state index is 13.2. The van der Waals surface area contributed by atoms with Crippen molar-refractivity contribution in [2.24, 2.45) is 5.92 Å². The molecule has 1 aliphatic carbocycles. The number of halogens is 1. The Hall–Kier alpha value is -1.91. The Morgan fingerprint density at radius 1 is 1.23 bits per heavy atom. The van der Waals surface area contributed by atoms with E-state index in [1.807, 2.05) is 0 Å². The normalized spacial score (nSPS) is 16.4. The second-order valence-electron chi connectivity index (χ2n) is 7.86. The van der Waals surface area contributed by atoms with E-state index in [1.54, 1.807) is 6.07 Å². The first kappa shape index (κ1) is 23.7. The van der Waals surface area contributed by atoms with Gasteiger partial charge in [0.1, 0.15) is 0 Å². The largest absolute Gasteiger partial charge is 0.309 e. The smallest absolute Gasteiger partial charge is 0.253 e. The highest BCUT2D eigenvalue weighted by atomic mass is 35.5. The molecule has 1 amide bonds. The number of carbonyl (C=O) groups excluding carboxylic acids is 1. The van der Waals surface area contributed by atoms with E-state index in [0.717, 1.165) is 36.0 Å². The maximum Gasteiger partial charge on any atom is 0.253 e. The van der Waals surface area contributed by atoms with Gasteiger partial charge in [-0.05, 0) is 37.0 Å². The Labute approximate surface area is 188 Å². The Morgan fingerprint density at radius 2 is 1.90 bits per heavy atom. The van der Waals surface area contributed by atoms with Crippen LogP contribution in [0.15, 0.2) is 35.4 Å². The van der Waals surface area contributed by atoms with Crippen LogP contribution < -0.4 is 5.32 Å². The summed E-state index contributed by atoms with van der Waals surface area (Å²) in [5.74, 6) is -0.506. The predicted octanol–water partition coefficient (Wildman–Crippen LogP) is 3.44. The van der Waals surface area contributed by atoms with Gasteiger partial charge in [0.2, 0.25) is 5.91 Å². The molecule has 11 heteroatoms. The number of rotatable bonds is 8. The van der Waals surface area contributed by atoms with Gasteiger partial charge in [-0.2, -0.15) is 4.09 Å². The second-order valence-corrected chi connectivity index (χ2v) is 12.4. The van der Waals surface area contributed by atoms with Crippen molar-refractivity contribution in [1.29, 1.82) is 0 Å². The molecule has 31 heavy (non-hydrogen) atoms. The van der Waals surface area contributed by atoms with Crippen molar-refractivity contribution >= 4 is 43.2 Å². The van der Waals surface area contributed by atoms with Gasteiger partial charge in [-0.15, -0.1) is 5.10 Å². The molecule has 1 aliphatic rings. The monoisotopic (exact) mass is 487 g/mol. The van der Waals surface area contributed by atoms with Gasteiger partial charge in [-0.1, -0.05) is 43.4 Å². The minimum Gasteiger partial charge on any atom is -0.309 e. The Bertz CT molecular complexity index is 1170.